The quantitative estimate of drug-likeness (QED) is 0.586. The van der Waals surface area contributed by atoms with E-state index >= 15 is 0 Å². The van der Waals surface area contributed by atoms with E-state index in [4.69, 9.17) is 5.73 Å². The van der Waals surface area contributed by atoms with Crippen molar-refractivity contribution in [1.29, 1.82) is 0 Å². The van der Waals surface area contributed by atoms with Crippen molar-refractivity contribution < 1.29 is 0 Å². The summed E-state index contributed by atoms with van der Waals surface area (Å²) < 4.78 is 0. The van der Waals surface area contributed by atoms with Crippen molar-refractivity contribution in [3.63, 3.8) is 0 Å². The van der Waals surface area contributed by atoms with E-state index < -0.39 is 0 Å². The SMILES string of the molecule is C=C(CSC)NC/C=C/CN. The fraction of sp³-hybridized carbons (Fsp3) is 0.500. The summed E-state index contributed by atoms with van der Waals surface area (Å²) in [7, 11) is 0. The number of nitrogens with one attached hydrogen (secondary N) is 1. The van der Waals surface area contributed by atoms with Crippen LogP contribution in [0.25, 0.3) is 0 Å². The number of hydrogen-bond acceptors (Lipinski definition) is 3. The van der Waals surface area contributed by atoms with Crippen LogP contribution < -0.4 is 11.1 Å². The van der Waals surface area contributed by atoms with Gasteiger partial charge in [-0.3, -0.25) is 0 Å². The first-order valence-corrected chi connectivity index (χ1v) is 4.96. The molecule has 0 saturated carbocycles. The maximum Gasteiger partial charge on any atom is 0.0328 e. The molecule has 0 bridgehead atoms. The van der Waals surface area contributed by atoms with Gasteiger partial charge in [0.15, 0.2) is 0 Å². The molecule has 0 saturated heterocycles. The van der Waals surface area contributed by atoms with Crippen LogP contribution in [0.1, 0.15) is 0 Å². The number of nitrogens with two attached hydrogens (primary N) is 1. The lowest BCUT2D eigenvalue weighted by molar-refractivity contribution is 0.912. The van der Waals surface area contributed by atoms with Crippen molar-refractivity contribution in [1.82, 2.24) is 5.32 Å². The highest BCUT2D eigenvalue weighted by atomic mass is 32.2. The molecular weight excluding hydrogens is 156 g/mol. The molecule has 0 aromatic carbocycles. The van der Waals surface area contributed by atoms with Crippen LogP contribution >= 0.6 is 11.8 Å². The summed E-state index contributed by atoms with van der Waals surface area (Å²) in [5.41, 5.74) is 6.33. The second-order valence-electron chi connectivity index (χ2n) is 2.12. The Bertz CT molecular complexity index is 132. The first kappa shape index (κ1) is 10.6. The van der Waals surface area contributed by atoms with Gasteiger partial charge in [0.25, 0.3) is 0 Å². The van der Waals surface area contributed by atoms with Crippen LogP contribution in [0.3, 0.4) is 0 Å². The van der Waals surface area contributed by atoms with Crippen LogP contribution in [0.2, 0.25) is 0 Å². The van der Waals surface area contributed by atoms with Crippen molar-refractivity contribution in [3.8, 4) is 0 Å². The zero-order valence-corrected chi connectivity index (χ0v) is 7.79. The molecule has 0 aliphatic heterocycles. The highest BCUT2D eigenvalue weighted by molar-refractivity contribution is 7.98. The van der Waals surface area contributed by atoms with Crippen molar-refractivity contribution in [2.75, 3.05) is 25.1 Å². The molecule has 0 aliphatic rings. The van der Waals surface area contributed by atoms with Crippen LogP contribution in [0.15, 0.2) is 24.4 Å². The monoisotopic (exact) mass is 172 g/mol. The Balaban J connectivity index is 3.24. The normalized spacial score (nSPS) is 10.4. The number of hydrogen-bond donors (Lipinski definition) is 2. The van der Waals surface area contributed by atoms with E-state index in [9.17, 15) is 0 Å². The Morgan fingerprint density at radius 2 is 2.36 bits per heavy atom. The number of thioether (sulfide) groups is 1. The van der Waals surface area contributed by atoms with Crippen LogP contribution in [-0.2, 0) is 0 Å². The minimum Gasteiger partial charge on any atom is -0.385 e. The molecule has 0 rings (SSSR count). The van der Waals surface area contributed by atoms with Crippen molar-refractivity contribution in [3.05, 3.63) is 24.4 Å². The molecule has 0 heterocycles. The van der Waals surface area contributed by atoms with E-state index in [1.54, 1.807) is 11.8 Å². The summed E-state index contributed by atoms with van der Waals surface area (Å²) in [6, 6.07) is 0. The number of rotatable bonds is 6. The summed E-state index contributed by atoms with van der Waals surface area (Å²) in [4.78, 5) is 0. The van der Waals surface area contributed by atoms with Gasteiger partial charge in [-0.15, -0.1) is 0 Å². The fourth-order valence-corrected chi connectivity index (χ4v) is 1.06. The third-order valence-electron chi connectivity index (χ3n) is 1.09. The van der Waals surface area contributed by atoms with Crippen molar-refractivity contribution in [2.24, 2.45) is 5.73 Å². The van der Waals surface area contributed by atoms with Crippen LogP contribution in [0.4, 0.5) is 0 Å². The molecule has 0 aromatic rings. The molecule has 64 valence electrons. The average Bonchev–Trinajstić information content (AvgIpc) is 1.99. The van der Waals surface area contributed by atoms with E-state index in [2.05, 4.69) is 18.2 Å². The Kier molecular flexibility index (Phi) is 7.41. The molecule has 0 fully saturated rings. The topological polar surface area (TPSA) is 38.0 Å². The summed E-state index contributed by atoms with van der Waals surface area (Å²) in [5.74, 6) is 0.969. The van der Waals surface area contributed by atoms with Crippen LogP contribution in [0.5, 0.6) is 0 Å². The van der Waals surface area contributed by atoms with Crippen molar-refractivity contribution in [2.45, 2.75) is 0 Å². The van der Waals surface area contributed by atoms with Crippen LogP contribution in [-0.4, -0.2) is 25.1 Å². The van der Waals surface area contributed by atoms with Gasteiger partial charge in [0.05, 0.1) is 0 Å². The van der Waals surface area contributed by atoms with Gasteiger partial charge in [0.1, 0.15) is 0 Å². The predicted octanol–water partition coefficient (Wildman–Crippen LogP) is 0.968. The second-order valence-corrected chi connectivity index (χ2v) is 2.99. The van der Waals surface area contributed by atoms with Gasteiger partial charge in [-0.05, 0) is 6.26 Å². The van der Waals surface area contributed by atoms with Gasteiger partial charge in [-0.1, -0.05) is 18.7 Å². The van der Waals surface area contributed by atoms with Crippen LogP contribution in [0, 0.1) is 0 Å². The molecule has 0 unspecified atom stereocenters. The van der Waals surface area contributed by atoms with E-state index in [-0.39, 0.29) is 0 Å². The largest absolute Gasteiger partial charge is 0.385 e. The minimum absolute atomic E-state index is 0.608. The smallest absolute Gasteiger partial charge is 0.0328 e. The Hall–Kier alpha value is -0.410. The Labute approximate surface area is 72.9 Å². The summed E-state index contributed by atoms with van der Waals surface area (Å²) in [5, 5.41) is 3.16. The van der Waals surface area contributed by atoms with Gasteiger partial charge in [0.2, 0.25) is 0 Å². The molecule has 0 aliphatic carbocycles. The lowest BCUT2D eigenvalue weighted by Crippen LogP contribution is -2.13. The van der Waals surface area contributed by atoms with E-state index in [1.807, 2.05) is 12.2 Å². The summed E-state index contributed by atoms with van der Waals surface area (Å²) in [6.45, 7) is 5.28. The molecular formula is C8H16N2S. The molecule has 2 nitrogen and oxygen atoms in total. The fourth-order valence-electron chi connectivity index (χ4n) is 0.608. The lowest BCUT2D eigenvalue weighted by Gasteiger charge is -2.03. The predicted molar refractivity (Wildman–Crippen MR) is 53.7 cm³/mol. The minimum atomic E-state index is 0.608. The molecule has 11 heavy (non-hydrogen) atoms. The molecule has 0 spiro atoms. The third kappa shape index (κ3) is 7.49. The third-order valence-corrected chi connectivity index (χ3v) is 1.73. The molecule has 0 radical (unpaired) electrons. The maximum absolute atomic E-state index is 5.26. The molecule has 0 aromatic heterocycles. The lowest BCUT2D eigenvalue weighted by atomic mass is 10.4. The summed E-state index contributed by atoms with van der Waals surface area (Å²) in [6.07, 6.45) is 5.99. The van der Waals surface area contributed by atoms with Gasteiger partial charge >= 0.3 is 0 Å². The Morgan fingerprint density at radius 3 is 2.91 bits per heavy atom. The van der Waals surface area contributed by atoms with E-state index in [0.717, 1.165) is 18.0 Å². The van der Waals surface area contributed by atoms with Gasteiger partial charge in [-0.2, -0.15) is 11.8 Å². The van der Waals surface area contributed by atoms with Crippen molar-refractivity contribution >= 4 is 11.8 Å². The highest BCUT2D eigenvalue weighted by Crippen LogP contribution is 1.96. The summed E-state index contributed by atoms with van der Waals surface area (Å²) >= 11 is 1.76. The van der Waals surface area contributed by atoms with Gasteiger partial charge in [0, 0.05) is 24.5 Å². The molecule has 0 atom stereocenters. The second kappa shape index (κ2) is 7.69. The zero-order valence-electron chi connectivity index (χ0n) is 6.97. The average molecular weight is 172 g/mol. The highest BCUT2D eigenvalue weighted by Gasteiger charge is 1.86. The standard InChI is InChI=1S/C8H16N2S/c1-8(7-11-2)10-6-4-3-5-9/h3-4,10H,1,5-7,9H2,2H3/b4-3+. The first-order chi connectivity index (χ1) is 5.31. The maximum atomic E-state index is 5.26. The molecule has 3 N–H and O–H groups in total. The van der Waals surface area contributed by atoms with E-state index in [1.165, 1.54) is 0 Å². The van der Waals surface area contributed by atoms with Gasteiger partial charge in [-0.25, -0.2) is 0 Å². The van der Waals surface area contributed by atoms with Gasteiger partial charge < -0.3 is 11.1 Å². The van der Waals surface area contributed by atoms with E-state index in [0.29, 0.717) is 6.54 Å². The molecule has 3 heteroatoms. The molecule has 0 amide bonds. The first-order valence-electron chi connectivity index (χ1n) is 3.57. The Morgan fingerprint density at radius 1 is 1.64 bits per heavy atom. The zero-order chi connectivity index (χ0) is 8.53.